The van der Waals surface area contributed by atoms with Crippen molar-refractivity contribution in [3.8, 4) is 0 Å². The molecule has 2 nitrogen and oxygen atoms in total. The molecule has 1 fully saturated rings. The molecule has 0 bridgehead atoms. The monoisotopic (exact) mass is 319 g/mol. The largest absolute Gasteiger partial charge is 0.373 e. The van der Waals surface area contributed by atoms with Crippen LogP contribution in [0.15, 0.2) is 72.3 Å². The van der Waals surface area contributed by atoms with Crippen molar-refractivity contribution in [2.45, 2.75) is 32.0 Å². The van der Waals surface area contributed by atoms with E-state index in [9.17, 15) is 0 Å². The van der Waals surface area contributed by atoms with E-state index in [0.717, 1.165) is 26.1 Å². The normalized spacial score (nSPS) is 27.4. The van der Waals surface area contributed by atoms with E-state index in [1.165, 1.54) is 16.7 Å². The lowest BCUT2D eigenvalue weighted by molar-refractivity contribution is -0.0189. The first-order valence-electron chi connectivity index (χ1n) is 8.97. The summed E-state index contributed by atoms with van der Waals surface area (Å²) in [7, 11) is 0. The van der Waals surface area contributed by atoms with E-state index in [1.54, 1.807) is 0 Å². The minimum absolute atomic E-state index is 0.274. The van der Waals surface area contributed by atoms with Crippen LogP contribution >= 0.6 is 0 Å². The number of hydrogen-bond acceptors (Lipinski definition) is 2. The molecule has 0 radical (unpaired) electrons. The molecule has 3 atom stereocenters. The van der Waals surface area contributed by atoms with Crippen LogP contribution < -0.4 is 0 Å². The van der Waals surface area contributed by atoms with Crippen LogP contribution in [0.1, 0.15) is 30.5 Å². The molecular formula is C22H25NO. The fourth-order valence-electron chi connectivity index (χ4n) is 4.19. The van der Waals surface area contributed by atoms with Gasteiger partial charge in [0.1, 0.15) is 0 Å². The van der Waals surface area contributed by atoms with E-state index in [2.05, 4.69) is 78.6 Å². The Bertz CT molecular complexity index is 694. The van der Waals surface area contributed by atoms with Crippen molar-refractivity contribution < 1.29 is 4.74 Å². The summed E-state index contributed by atoms with van der Waals surface area (Å²) in [5.41, 5.74) is 4.21. The zero-order valence-electron chi connectivity index (χ0n) is 14.3. The average molecular weight is 319 g/mol. The fraction of sp³-hybridized carbons (Fsp3) is 0.364. The van der Waals surface area contributed by atoms with Crippen molar-refractivity contribution in [2.75, 3.05) is 13.2 Å². The predicted octanol–water partition coefficient (Wildman–Crippen LogP) is 4.59. The highest BCUT2D eigenvalue weighted by atomic mass is 16.5. The summed E-state index contributed by atoms with van der Waals surface area (Å²) in [6, 6.07) is 22.0. The smallest absolute Gasteiger partial charge is 0.0841 e. The second-order valence-electron chi connectivity index (χ2n) is 6.99. The van der Waals surface area contributed by atoms with Gasteiger partial charge in [0, 0.05) is 13.1 Å². The SMILES string of the molecule is C[C@@H]1CN(Cc2ccccc2)[C@@H](c2ccccc2)C2=CCCO[C@@H]21. The van der Waals surface area contributed by atoms with Crippen LogP contribution in [0.2, 0.25) is 0 Å². The third-order valence-corrected chi connectivity index (χ3v) is 5.19. The summed E-state index contributed by atoms with van der Waals surface area (Å²) >= 11 is 0. The third-order valence-electron chi connectivity index (χ3n) is 5.19. The van der Waals surface area contributed by atoms with Crippen LogP contribution in [0.5, 0.6) is 0 Å². The molecule has 2 heterocycles. The van der Waals surface area contributed by atoms with Gasteiger partial charge in [0.2, 0.25) is 0 Å². The standard InChI is InChI=1S/C22H25NO/c1-17-15-23(16-18-9-4-2-5-10-18)21(19-11-6-3-7-12-19)20-13-8-14-24-22(17)20/h2-7,9-13,17,21-22H,8,14-16H2,1H3/t17-,21+,22-/m1/s1. The van der Waals surface area contributed by atoms with Crippen molar-refractivity contribution in [3.05, 3.63) is 83.4 Å². The molecule has 124 valence electrons. The quantitative estimate of drug-likeness (QED) is 0.767. The molecule has 24 heavy (non-hydrogen) atoms. The minimum Gasteiger partial charge on any atom is -0.373 e. The molecule has 2 aromatic rings. The summed E-state index contributed by atoms with van der Waals surface area (Å²) in [6.07, 6.45) is 3.73. The van der Waals surface area contributed by atoms with Gasteiger partial charge in [0.15, 0.2) is 0 Å². The first-order chi connectivity index (χ1) is 11.8. The molecule has 0 amide bonds. The lowest BCUT2D eigenvalue weighted by Gasteiger charge is -2.46. The molecule has 0 saturated carbocycles. The summed E-state index contributed by atoms with van der Waals surface area (Å²) in [5, 5.41) is 0. The van der Waals surface area contributed by atoms with Crippen LogP contribution in [-0.4, -0.2) is 24.2 Å². The van der Waals surface area contributed by atoms with Crippen molar-refractivity contribution in [1.82, 2.24) is 4.90 Å². The van der Waals surface area contributed by atoms with E-state index >= 15 is 0 Å². The van der Waals surface area contributed by atoms with Crippen molar-refractivity contribution in [3.63, 3.8) is 0 Å². The topological polar surface area (TPSA) is 12.5 Å². The van der Waals surface area contributed by atoms with Gasteiger partial charge in [0.25, 0.3) is 0 Å². The Labute approximate surface area is 144 Å². The van der Waals surface area contributed by atoms with E-state index in [0.29, 0.717) is 12.0 Å². The number of nitrogens with zero attached hydrogens (tertiary/aromatic N) is 1. The molecule has 2 aliphatic rings. The number of benzene rings is 2. The van der Waals surface area contributed by atoms with Gasteiger partial charge in [-0.1, -0.05) is 73.7 Å². The Balaban J connectivity index is 1.71. The Kier molecular flexibility index (Phi) is 4.50. The van der Waals surface area contributed by atoms with Gasteiger partial charge in [-0.15, -0.1) is 0 Å². The highest BCUT2D eigenvalue weighted by molar-refractivity contribution is 5.34. The maximum atomic E-state index is 6.15. The summed E-state index contributed by atoms with van der Waals surface area (Å²) in [5.74, 6) is 0.528. The van der Waals surface area contributed by atoms with Crippen molar-refractivity contribution in [2.24, 2.45) is 5.92 Å². The van der Waals surface area contributed by atoms with Crippen molar-refractivity contribution >= 4 is 0 Å². The average Bonchev–Trinajstić information content (AvgIpc) is 2.64. The van der Waals surface area contributed by atoms with Gasteiger partial charge in [0.05, 0.1) is 18.8 Å². The Morgan fingerprint density at radius 3 is 2.46 bits per heavy atom. The third kappa shape index (κ3) is 3.04. The van der Waals surface area contributed by atoms with Gasteiger partial charge in [-0.3, -0.25) is 4.90 Å². The predicted molar refractivity (Wildman–Crippen MR) is 97.6 cm³/mol. The zero-order valence-corrected chi connectivity index (χ0v) is 14.3. The molecule has 0 spiro atoms. The van der Waals surface area contributed by atoms with E-state index < -0.39 is 0 Å². The molecule has 0 aliphatic carbocycles. The van der Waals surface area contributed by atoms with Gasteiger partial charge < -0.3 is 4.74 Å². The lowest BCUT2D eigenvalue weighted by Crippen LogP contribution is -2.47. The number of rotatable bonds is 3. The number of hydrogen-bond donors (Lipinski definition) is 0. The van der Waals surface area contributed by atoms with Crippen LogP contribution in [-0.2, 0) is 11.3 Å². The fourth-order valence-corrected chi connectivity index (χ4v) is 4.19. The molecule has 2 aliphatic heterocycles. The van der Waals surface area contributed by atoms with Crippen LogP contribution in [0.4, 0.5) is 0 Å². The van der Waals surface area contributed by atoms with Crippen LogP contribution in [0, 0.1) is 5.92 Å². The maximum absolute atomic E-state index is 6.15. The highest BCUT2D eigenvalue weighted by Gasteiger charge is 2.39. The van der Waals surface area contributed by atoms with E-state index in [1.807, 2.05) is 0 Å². The number of ether oxygens (including phenoxy) is 1. The van der Waals surface area contributed by atoms with Gasteiger partial charge in [-0.2, -0.15) is 0 Å². The second kappa shape index (κ2) is 6.92. The van der Waals surface area contributed by atoms with E-state index in [4.69, 9.17) is 4.74 Å². The molecular weight excluding hydrogens is 294 g/mol. The number of fused-ring (bicyclic) bond motifs is 1. The summed E-state index contributed by atoms with van der Waals surface area (Å²) < 4.78 is 6.15. The lowest BCUT2D eigenvalue weighted by atomic mass is 9.81. The summed E-state index contributed by atoms with van der Waals surface area (Å²) in [6.45, 7) is 5.23. The van der Waals surface area contributed by atoms with Gasteiger partial charge in [-0.05, 0) is 29.0 Å². The van der Waals surface area contributed by atoms with Crippen LogP contribution in [0.25, 0.3) is 0 Å². The second-order valence-corrected chi connectivity index (χ2v) is 6.99. The Morgan fingerprint density at radius 2 is 1.71 bits per heavy atom. The van der Waals surface area contributed by atoms with Gasteiger partial charge >= 0.3 is 0 Å². The first kappa shape index (κ1) is 15.6. The number of likely N-dealkylation sites (tertiary alicyclic amines) is 1. The van der Waals surface area contributed by atoms with Gasteiger partial charge in [-0.25, -0.2) is 0 Å². The van der Waals surface area contributed by atoms with Crippen molar-refractivity contribution in [1.29, 1.82) is 0 Å². The molecule has 0 aromatic heterocycles. The molecule has 4 rings (SSSR count). The first-order valence-corrected chi connectivity index (χ1v) is 8.97. The highest BCUT2D eigenvalue weighted by Crippen LogP contribution is 2.41. The zero-order chi connectivity index (χ0) is 16.4. The molecule has 0 N–H and O–H groups in total. The number of piperidine rings is 1. The summed E-state index contributed by atoms with van der Waals surface area (Å²) in [4.78, 5) is 2.62. The maximum Gasteiger partial charge on any atom is 0.0841 e. The molecule has 1 saturated heterocycles. The molecule has 0 unspecified atom stereocenters. The Morgan fingerprint density at radius 1 is 1.00 bits per heavy atom. The van der Waals surface area contributed by atoms with E-state index in [-0.39, 0.29) is 6.10 Å². The Hall–Kier alpha value is -1.90. The molecule has 2 aromatic carbocycles. The minimum atomic E-state index is 0.274. The molecule has 2 heteroatoms. The van der Waals surface area contributed by atoms with Crippen LogP contribution in [0.3, 0.4) is 0 Å².